The number of fused-ring (bicyclic) bond motifs is 1. The Balaban J connectivity index is 1.81. The Kier molecular flexibility index (Phi) is 4.24. The van der Waals surface area contributed by atoms with Crippen LogP contribution in [-0.2, 0) is 5.75 Å². The third-order valence-electron chi connectivity index (χ3n) is 3.47. The highest BCUT2D eigenvalue weighted by molar-refractivity contribution is 7.98. The third-order valence-corrected chi connectivity index (χ3v) is 4.39. The average molecular weight is 314 g/mol. The molecule has 1 heterocycles. The van der Waals surface area contributed by atoms with Crippen LogP contribution in [0.2, 0.25) is 0 Å². The molecule has 0 spiro atoms. The predicted molar refractivity (Wildman–Crippen MR) is 89.9 cm³/mol. The Morgan fingerprint density at radius 2 is 1.95 bits per heavy atom. The molecule has 0 radical (unpaired) electrons. The maximum atomic E-state index is 5.41. The molecule has 1 aromatic heterocycles. The molecule has 0 aliphatic rings. The summed E-state index contributed by atoms with van der Waals surface area (Å²) in [6.07, 6.45) is 0. The van der Waals surface area contributed by atoms with E-state index in [4.69, 9.17) is 9.47 Å². The number of hydrogen-bond acceptors (Lipinski definition) is 4. The van der Waals surface area contributed by atoms with Gasteiger partial charge in [-0.3, -0.25) is 0 Å². The molecule has 0 atom stereocenters. The van der Waals surface area contributed by atoms with Crippen molar-refractivity contribution >= 4 is 22.8 Å². The zero-order valence-electron chi connectivity index (χ0n) is 12.8. The van der Waals surface area contributed by atoms with E-state index in [1.165, 1.54) is 5.56 Å². The van der Waals surface area contributed by atoms with Crippen molar-refractivity contribution in [2.45, 2.75) is 17.8 Å². The average Bonchev–Trinajstić information content (AvgIpc) is 2.94. The molecule has 2 aromatic carbocycles. The van der Waals surface area contributed by atoms with Crippen LogP contribution in [-0.4, -0.2) is 24.2 Å². The molecule has 22 heavy (non-hydrogen) atoms. The van der Waals surface area contributed by atoms with E-state index < -0.39 is 0 Å². The fourth-order valence-electron chi connectivity index (χ4n) is 2.31. The predicted octanol–water partition coefficient (Wildman–Crippen LogP) is 4.18. The Bertz CT molecular complexity index is 798. The van der Waals surface area contributed by atoms with Crippen LogP contribution in [0.3, 0.4) is 0 Å². The number of imidazole rings is 1. The summed E-state index contributed by atoms with van der Waals surface area (Å²) in [5.74, 6) is 2.45. The summed E-state index contributed by atoms with van der Waals surface area (Å²) in [6.45, 7) is 2.08. The summed E-state index contributed by atoms with van der Waals surface area (Å²) in [7, 11) is 3.35. The number of benzene rings is 2. The lowest BCUT2D eigenvalue weighted by atomic mass is 10.2. The number of hydrogen-bond donors (Lipinski definition) is 1. The van der Waals surface area contributed by atoms with Gasteiger partial charge < -0.3 is 14.5 Å². The number of rotatable bonds is 5. The molecule has 0 saturated carbocycles. The number of aromatic amines is 1. The van der Waals surface area contributed by atoms with Gasteiger partial charge >= 0.3 is 0 Å². The summed E-state index contributed by atoms with van der Waals surface area (Å²) in [6, 6.07) is 12.0. The first kappa shape index (κ1) is 14.8. The van der Waals surface area contributed by atoms with Gasteiger partial charge in [-0.25, -0.2) is 4.98 Å². The second kappa shape index (κ2) is 6.32. The van der Waals surface area contributed by atoms with Crippen LogP contribution >= 0.6 is 11.8 Å². The lowest BCUT2D eigenvalue weighted by molar-refractivity contribution is 0.400. The second-order valence-corrected chi connectivity index (χ2v) is 5.99. The topological polar surface area (TPSA) is 47.1 Å². The molecule has 1 N–H and O–H groups in total. The van der Waals surface area contributed by atoms with E-state index in [0.29, 0.717) is 0 Å². The van der Waals surface area contributed by atoms with Gasteiger partial charge in [0, 0.05) is 11.3 Å². The molecule has 0 amide bonds. The molecule has 0 saturated heterocycles. The molecular formula is C17H18N2O2S. The third kappa shape index (κ3) is 3.04. The van der Waals surface area contributed by atoms with Gasteiger partial charge in [0.25, 0.3) is 0 Å². The molecule has 0 aliphatic heterocycles. The Morgan fingerprint density at radius 3 is 2.73 bits per heavy atom. The summed E-state index contributed by atoms with van der Waals surface area (Å²) < 4.78 is 10.7. The molecule has 3 aromatic rings. The van der Waals surface area contributed by atoms with Crippen molar-refractivity contribution < 1.29 is 9.47 Å². The van der Waals surface area contributed by atoms with Gasteiger partial charge in [0.05, 0.1) is 25.3 Å². The second-order valence-electron chi connectivity index (χ2n) is 5.03. The van der Waals surface area contributed by atoms with Crippen molar-refractivity contribution in [1.82, 2.24) is 9.97 Å². The van der Waals surface area contributed by atoms with E-state index in [1.807, 2.05) is 24.3 Å². The number of aromatic nitrogens is 2. The zero-order valence-corrected chi connectivity index (χ0v) is 13.7. The normalized spacial score (nSPS) is 10.9. The van der Waals surface area contributed by atoms with Crippen molar-refractivity contribution in [2.24, 2.45) is 0 Å². The van der Waals surface area contributed by atoms with E-state index in [9.17, 15) is 0 Å². The Morgan fingerprint density at radius 1 is 1.09 bits per heavy atom. The largest absolute Gasteiger partial charge is 0.497 e. The van der Waals surface area contributed by atoms with Gasteiger partial charge in [-0.15, -0.1) is 0 Å². The number of methoxy groups -OCH3 is 2. The van der Waals surface area contributed by atoms with E-state index in [-0.39, 0.29) is 0 Å². The standard InChI is InChI=1S/C17H18N2O2S/c1-11-4-6-14-15(8-11)19-17(18-14)22-10-12-9-13(20-2)5-7-16(12)21-3/h4-9H,10H2,1-3H3,(H,18,19). The molecular weight excluding hydrogens is 296 g/mol. The maximum absolute atomic E-state index is 5.41. The maximum Gasteiger partial charge on any atom is 0.166 e. The highest BCUT2D eigenvalue weighted by Crippen LogP contribution is 2.30. The van der Waals surface area contributed by atoms with Crippen LogP contribution in [0.15, 0.2) is 41.6 Å². The minimum Gasteiger partial charge on any atom is -0.497 e. The molecule has 114 valence electrons. The van der Waals surface area contributed by atoms with E-state index in [0.717, 1.165) is 39.0 Å². The van der Waals surface area contributed by atoms with E-state index in [1.54, 1.807) is 26.0 Å². The van der Waals surface area contributed by atoms with Crippen LogP contribution in [0.1, 0.15) is 11.1 Å². The minimum absolute atomic E-state index is 0.763. The number of nitrogens with zero attached hydrogens (tertiary/aromatic N) is 1. The smallest absolute Gasteiger partial charge is 0.166 e. The number of ether oxygens (including phenoxy) is 2. The molecule has 0 unspecified atom stereocenters. The fourth-order valence-corrected chi connectivity index (χ4v) is 3.17. The minimum atomic E-state index is 0.763. The highest BCUT2D eigenvalue weighted by atomic mass is 32.2. The van der Waals surface area contributed by atoms with Crippen LogP contribution in [0, 0.1) is 6.92 Å². The van der Waals surface area contributed by atoms with Gasteiger partial charge in [0.15, 0.2) is 5.16 Å². The van der Waals surface area contributed by atoms with Gasteiger partial charge in [-0.1, -0.05) is 17.8 Å². The molecule has 0 aliphatic carbocycles. The zero-order chi connectivity index (χ0) is 15.5. The number of nitrogens with one attached hydrogen (secondary N) is 1. The van der Waals surface area contributed by atoms with Crippen LogP contribution in [0.4, 0.5) is 0 Å². The molecule has 0 bridgehead atoms. The van der Waals surface area contributed by atoms with E-state index >= 15 is 0 Å². The van der Waals surface area contributed by atoms with Gasteiger partial charge in [-0.2, -0.15) is 0 Å². The summed E-state index contributed by atoms with van der Waals surface area (Å²) in [5.41, 5.74) is 4.37. The number of H-pyrrole nitrogens is 1. The number of thioether (sulfide) groups is 1. The van der Waals surface area contributed by atoms with Crippen molar-refractivity contribution in [3.8, 4) is 11.5 Å². The molecule has 5 heteroatoms. The fraction of sp³-hybridized carbons (Fsp3) is 0.235. The molecule has 0 fully saturated rings. The van der Waals surface area contributed by atoms with Crippen LogP contribution in [0.5, 0.6) is 11.5 Å². The first-order valence-electron chi connectivity index (χ1n) is 6.99. The van der Waals surface area contributed by atoms with Gasteiger partial charge in [-0.05, 0) is 42.8 Å². The number of aryl methyl sites for hydroxylation is 1. The van der Waals surface area contributed by atoms with Crippen molar-refractivity contribution in [3.05, 3.63) is 47.5 Å². The quantitative estimate of drug-likeness (QED) is 0.718. The monoisotopic (exact) mass is 314 g/mol. The molecule has 3 rings (SSSR count). The van der Waals surface area contributed by atoms with Gasteiger partial charge in [0.1, 0.15) is 11.5 Å². The van der Waals surface area contributed by atoms with Crippen molar-refractivity contribution in [1.29, 1.82) is 0 Å². The summed E-state index contributed by atoms with van der Waals surface area (Å²) in [5, 5.41) is 0.908. The lowest BCUT2D eigenvalue weighted by Crippen LogP contribution is -1.92. The van der Waals surface area contributed by atoms with Crippen LogP contribution < -0.4 is 9.47 Å². The molecule has 4 nitrogen and oxygen atoms in total. The Hall–Kier alpha value is -2.14. The van der Waals surface area contributed by atoms with E-state index in [2.05, 4.69) is 29.0 Å². The first-order chi connectivity index (χ1) is 10.7. The van der Waals surface area contributed by atoms with Gasteiger partial charge in [0.2, 0.25) is 0 Å². The van der Waals surface area contributed by atoms with Crippen molar-refractivity contribution in [2.75, 3.05) is 14.2 Å². The summed E-state index contributed by atoms with van der Waals surface area (Å²) in [4.78, 5) is 7.95. The summed E-state index contributed by atoms with van der Waals surface area (Å²) >= 11 is 1.65. The van der Waals surface area contributed by atoms with Crippen LogP contribution in [0.25, 0.3) is 11.0 Å². The lowest BCUT2D eigenvalue weighted by Gasteiger charge is -2.09. The SMILES string of the molecule is COc1ccc(OC)c(CSc2nc3ccc(C)cc3[nH]2)c1. The van der Waals surface area contributed by atoms with Crippen molar-refractivity contribution in [3.63, 3.8) is 0 Å². The Labute approximate surface area is 133 Å². The first-order valence-corrected chi connectivity index (χ1v) is 7.98. The highest BCUT2D eigenvalue weighted by Gasteiger charge is 2.08.